The molecule has 3 atom stereocenters. The summed E-state index contributed by atoms with van der Waals surface area (Å²) in [4.78, 5) is 45.8. The molecule has 13 heteroatoms. The van der Waals surface area contributed by atoms with E-state index in [-0.39, 0.29) is 30.6 Å². The average Bonchev–Trinajstić information content (AvgIpc) is 3.12. The number of unbranched alkanes of at least 4 members (excludes halogenated alkanes) is 1. The summed E-state index contributed by atoms with van der Waals surface area (Å²) in [5.41, 5.74) is 5.21. The zero-order valence-corrected chi connectivity index (χ0v) is 23.2. The molecule has 4 N–H and O–H groups in total. The van der Waals surface area contributed by atoms with Crippen LogP contribution in [0.3, 0.4) is 0 Å². The molecule has 0 spiro atoms. The summed E-state index contributed by atoms with van der Waals surface area (Å²) >= 11 is 0. The van der Waals surface area contributed by atoms with Gasteiger partial charge in [-0.05, 0) is 47.1 Å². The molecule has 3 unspecified atom stereocenters. The van der Waals surface area contributed by atoms with Crippen LogP contribution in [-0.4, -0.2) is 143 Å². The van der Waals surface area contributed by atoms with Crippen molar-refractivity contribution in [3.63, 3.8) is 0 Å². The number of amidine groups is 1. The predicted molar refractivity (Wildman–Crippen MR) is 141 cm³/mol. The summed E-state index contributed by atoms with van der Waals surface area (Å²) in [7, 11) is 0. The van der Waals surface area contributed by atoms with E-state index in [0.29, 0.717) is 32.7 Å². The first kappa shape index (κ1) is 29.9. The first-order chi connectivity index (χ1) is 17.9. The third-order valence-corrected chi connectivity index (χ3v) is 7.34. The molecule has 0 bridgehead atoms. The van der Waals surface area contributed by atoms with Gasteiger partial charge >= 0.3 is 18.2 Å². The van der Waals surface area contributed by atoms with Crippen molar-refractivity contribution in [2.75, 3.05) is 65.4 Å². The van der Waals surface area contributed by atoms with Crippen LogP contribution >= 0.6 is 0 Å². The number of cyclic esters (lactones) is 1. The van der Waals surface area contributed by atoms with Crippen molar-refractivity contribution in [2.45, 2.75) is 70.9 Å². The zero-order valence-electron chi connectivity index (χ0n) is 23.2. The minimum Gasteiger partial charge on any atom is -0.481 e. The van der Waals surface area contributed by atoms with Crippen molar-refractivity contribution in [3.8, 4) is 0 Å². The van der Waals surface area contributed by atoms with Crippen LogP contribution in [0.15, 0.2) is 0 Å². The molecule has 0 saturated carbocycles. The summed E-state index contributed by atoms with van der Waals surface area (Å²) in [6, 6.07) is -0.579. The molecule has 13 nitrogen and oxygen atoms in total. The smallest absolute Gasteiger partial charge is 0.411 e. The molecule has 0 radical (unpaired) electrons. The SMILES string of the molecule is CC1C(N2CCN(CCC(=O)O)CC2)OC(=O)N1CCCCN1CCN(C(=O)OC(C)(C)C)C(C(=N)N)C1. The van der Waals surface area contributed by atoms with Gasteiger partial charge in [0, 0.05) is 58.9 Å². The Morgan fingerprint density at radius 1 is 1.05 bits per heavy atom. The number of aliphatic carboxylic acids is 1. The maximum atomic E-state index is 12.6. The number of hydrogen-bond acceptors (Lipinski definition) is 9. The molecule has 0 aliphatic carbocycles. The second-order valence-electron chi connectivity index (χ2n) is 11.4. The minimum atomic E-state index is -0.789. The molecule has 0 aromatic heterocycles. The number of carbonyl (C=O) groups excluding carboxylic acids is 2. The highest BCUT2D eigenvalue weighted by Crippen LogP contribution is 2.24. The van der Waals surface area contributed by atoms with E-state index >= 15 is 0 Å². The molecule has 3 saturated heterocycles. The molecule has 216 valence electrons. The van der Waals surface area contributed by atoms with E-state index < -0.39 is 23.7 Å². The van der Waals surface area contributed by atoms with E-state index in [2.05, 4.69) is 14.7 Å². The summed E-state index contributed by atoms with van der Waals surface area (Å²) < 4.78 is 11.2. The van der Waals surface area contributed by atoms with E-state index in [1.807, 2.05) is 27.7 Å². The molecule has 0 aromatic rings. The second-order valence-corrected chi connectivity index (χ2v) is 11.4. The van der Waals surface area contributed by atoms with Crippen molar-refractivity contribution in [1.29, 1.82) is 5.41 Å². The summed E-state index contributed by atoms with van der Waals surface area (Å²) in [6.07, 6.45) is 0.777. The van der Waals surface area contributed by atoms with Gasteiger partial charge in [-0.2, -0.15) is 0 Å². The summed E-state index contributed by atoms with van der Waals surface area (Å²) in [5, 5.41) is 16.9. The van der Waals surface area contributed by atoms with Crippen molar-refractivity contribution in [1.82, 2.24) is 24.5 Å². The van der Waals surface area contributed by atoms with Gasteiger partial charge in [-0.1, -0.05) is 0 Å². The van der Waals surface area contributed by atoms with Crippen molar-refractivity contribution in [2.24, 2.45) is 5.73 Å². The van der Waals surface area contributed by atoms with Crippen LogP contribution in [0.5, 0.6) is 0 Å². The van der Waals surface area contributed by atoms with Crippen LogP contribution in [-0.2, 0) is 14.3 Å². The molecule has 3 rings (SSSR count). The van der Waals surface area contributed by atoms with Gasteiger partial charge < -0.3 is 30.1 Å². The van der Waals surface area contributed by atoms with Crippen LogP contribution in [0.1, 0.15) is 47.0 Å². The first-order valence-electron chi connectivity index (χ1n) is 13.6. The quantitative estimate of drug-likeness (QED) is 0.207. The third kappa shape index (κ3) is 8.18. The number of nitrogens with zero attached hydrogens (tertiary/aromatic N) is 5. The van der Waals surface area contributed by atoms with Crippen LogP contribution < -0.4 is 5.73 Å². The molecular formula is C25H45N7O6. The lowest BCUT2D eigenvalue weighted by Gasteiger charge is -2.41. The Balaban J connectivity index is 1.40. The normalized spacial score (nSPS) is 25.9. The number of amides is 2. The summed E-state index contributed by atoms with van der Waals surface area (Å²) in [6.45, 7) is 14.0. The number of carbonyl (C=O) groups is 3. The number of nitrogens with one attached hydrogen (secondary N) is 1. The molecular weight excluding hydrogens is 494 g/mol. The van der Waals surface area contributed by atoms with E-state index in [4.69, 9.17) is 25.7 Å². The summed E-state index contributed by atoms with van der Waals surface area (Å²) in [5.74, 6) is -0.842. The monoisotopic (exact) mass is 539 g/mol. The molecule has 3 aliphatic heterocycles. The van der Waals surface area contributed by atoms with Gasteiger partial charge in [-0.3, -0.25) is 24.9 Å². The standard InChI is InChI=1S/C25H45N7O6/c1-18-22(30-14-11-28(12-15-30)10-7-20(33)34)37-23(35)31(18)9-6-5-8-29-13-16-32(19(17-29)21(26)27)24(36)38-25(2,3)4/h18-19,22H,5-17H2,1-4H3,(H3,26,27)(H,33,34). The van der Waals surface area contributed by atoms with Gasteiger partial charge in [0.05, 0.1) is 12.5 Å². The molecule has 3 fully saturated rings. The van der Waals surface area contributed by atoms with Gasteiger partial charge in [0.15, 0.2) is 6.23 Å². The number of hydrogen-bond donors (Lipinski definition) is 3. The Morgan fingerprint density at radius 2 is 1.68 bits per heavy atom. The van der Waals surface area contributed by atoms with E-state index in [1.54, 1.807) is 4.90 Å². The maximum Gasteiger partial charge on any atom is 0.411 e. The largest absolute Gasteiger partial charge is 0.481 e. The molecule has 3 heterocycles. The topological polar surface area (TPSA) is 156 Å². The number of piperazine rings is 2. The van der Waals surface area contributed by atoms with Crippen molar-refractivity contribution in [3.05, 3.63) is 0 Å². The van der Waals surface area contributed by atoms with Crippen molar-refractivity contribution >= 4 is 24.0 Å². The van der Waals surface area contributed by atoms with Gasteiger partial charge in [0.1, 0.15) is 17.5 Å². The molecule has 2 amide bonds. The highest BCUT2D eigenvalue weighted by atomic mass is 16.6. The average molecular weight is 540 g/mol. The first-order valence-corrected chi connectivity index (χ1v) is 13.6. The molecule has 3 aliphatic rings. The number of carboxylic acids is 1. The van der Waals surface area contributed by atoms with E-state index in [0.717, 1.165) is 45.6 Å². The fraction of sp³-hybridized carbons (Fsp3) is 0.840. The third-order valence-electron chi connectivity index (χ3n) is 7.34. The van der Waals surface area contributed by atoms with E-state index in [9.17, 15) is 14.4 Å². The lowest BCUT2D eigenvalue weighted by Crippen LogP contribution is -2.60. The number of rotatable bonds is 10. The van der Waals surface area contributed by atoms with Crippen LogP contribution in [0.2, 0.25) is 0 Å². The lowest BCUT2D eigenvalue weighted by molar-refractivity contribution is -0.137. The van der Waals surface area contributed by atoms with E-state index in [1.165, 1.54) is 4.90 Å². The fourth-order valence-corrected chi connectivity index (χ4v) is 5.22. The highest BCUT2D eigenvalue weighted by molar-refractivity contribution is 5.87. The maximum absolute atomic E-state index is 12.6. The van der Waals surface area contributed by atoms with Gasteiger partial charge in [0.25, 0.3) is 0 Å². The lowest BCUT2D eigenvalue weighted by atomic mass is 10.1. The van der Waals surface area contributed by atoms with Gasteiger partial charge in [-0.25, -0.2) is 9.59 Å². The van der Waals surface area contributed by atoms with Gasteiger partial charge in [0.2, 0.25) is 0 Å². The highest BCUT2D eigenvalue weighted by Gasteiger charge is 2.42. The predicted octanol–water partition coefficient (Wildman–Crippen LogP) is 0.883. The minimum absolute atomic E-state index is 0.0528. The van der Waals surface area contributed by atoms with Crippen molar-refractivity contribution < 1.29 is 29.0 Å². The Kier molecular flexibility index (Phi) is 10.2. The number of ether oxygens (including phenoxy) is 2. The number of carboxylic acid groups (broad SMARTS) is 1. The Morgan fingerprint density at radius 3 is 2.29 bits per heavy atom. The Hall–Kier alpha value is -2.64. The van der Waals surface area contributed by atoms with Gasteiger partial charge in [-0.15, -0.1) is 0 Å². The van der Waals surface area contributed by atoms with Crippen LogP contribution in [0.25, 0.3) is 0 Å². The Bertz CT molecular complexity index is 858. The van der Waals surface area contributed by atoms with Crippen LogP contribution in [0.4, 0.5) is 9.59 Å². The molecule has 38 heavy (non-hydrogen) atoms. The fourth-order valence-electron chi connectivity index (χ4n) is 5.22. The Labute approximate surface area is 225 Å². The number of nitrogens with two attached hydrogens (primary N) is 1. The second kappa shape index (κ2) is 12.9. The molecule has 0 aromatic carbocycles. The zero-order chi connectivity index (χ0) is 28.0. The van der Waals surface area contributed by atoms with Crippen LogP contribution in [0, 0.1) is 5.41 Å².